The maximum Gasteiger partial charge on any atom is 0.177 e. The van der Waals surface area contributed by atoms with Crippen LogP contribution in [0, 0.1) is 6.92 Å². The monoisotopic (exact) mass is 319 g/mol. The summed E-state index contributed by atoms with van der Waals surface area (Å²) in [4.78, 5) is 0. The summed E-state index contributed by atoms with van der Waals surface area (Å²) in [7, 11) is 0. The molecule has 2 aromatic rings. The number of nitrogens with two attached hydrogens (primary N) is 1. The lowest BCUT2D eigenvalue weighted by atomic mass is 10.0. The van der Waals surface area contributed by atoms with Crippen molar-refractivity contribution in [2.75, 3.05) is 0 Å². The van der Waals surface area contributed by atoms with Crippen LogP contribution in [0.5, 0.6) is 0 Å². The first-order chi connectivity index (χ1) is 11.2. The van der Waals surface area contributed by atoms with E-state index in [-0.39, 0.29) is 6.04 Å². The van der Waals surface area contributed by atoms with Gasteiger partial charge in [0.25, 0.3) is 0 Å². The zero-order valence-corrected chi connectivity index (χ0v) is 14.9. The predicted octanol–water partition coefficient (Wildman–Crippen LogP) is 4.68. The predicted molar refractivity (Wildman–Crippen MR) is 95.5 cm³/mol. The van der Waals surface area contributed by atoms with Gasteiger partial charge < -0.3 is 5.73 Å². The summed E-state index contributed by atoms with van der Waals surface area (Å²) in [5, 5.41) is 11.6. The molecule has 1 unspecified atom stereocenters. The molecule has 0 aliphatic carbocycles. The Bertz CT molecular complexity index is 557. The van der Waals surface area contributed by atoms with E-state index in [1.54, 1.807) is 0 Å². The molecule has 5 heteroatoms. The SMILES string of the molecule is CCCCCCCCCCCCC(N)c1nnc2cc(C)[nH]n12. The molecule has 0 spiro atoms. The van der Waals surface area contributed by atoms with Crippen LogP contribution < -0.4 is 5.73 Å². The normalized spacial score (nSPS) is 13.0. The number of unbranched alkanes of at least 4 members (excludes halogenated alkanes) is 9. The van der Waals surface area contributed by atoms with Gasteiger partial charge in [0.15, 0.2) is 11.5 Å². The van der Waals surface area contributed by atoms with Gasteiger partial charge in [-0.15, -0.1) is 10.2 Å². The van der Waals surface area contributed by atoms with Crippen molar-refractivity contribution in [3.8, 4) is 0 Å². The van der Waals surface area contributed by atoms with Gasteiger partial charge in [-0.3, -0.25) is 5.10 Å². The highest BCUT2D eigenvalue weighted by Gasteiger charge is 2.14. The molecule has 0 aliphatic heterocycles. The van der Waals surface area contributed by atoms with Crippen LogP contribution in [0.3, 0.4) is 0 Å². The Morgan fingerprint density at radius 2 is 1.61 bits per heavy atom. The molecule has 0 aliphatic rings. The Kier molecular flexibility index (Phi) is 7.59. The van der Waals surface area contributed by atoms with Gasteiger partial charge in [0.1, 0.15) is 0 Å². The van der Waals surface area contributed by atoms with E-state index in [0.29, 0.717) is 0 Å². The quantitative estimate of drug-likeness (QED) is 0.558. The van der Waals surface area contributed by atoms with Crippen LogP contribution >= 0.6 is 0 Å². The Balaban J connectivity index is 1.56. The van der Waals surface area contributed by atoms with Crippen molar-refractivity contribution in [1.82, 2.24) is 19.8 Å². The smallest absolute Gasteiger partial charge is 0.177 e. The minimum atomic E-state index is -0.0305. The highest BCUT2D eigenvalue weighted by atomic mass is 15.4. The minimum absolute atomic E-state index is 0.0305. The van der Waals surface area contributed by atoms with Crippen molar-refractivity contribution in [1.29, 1.82) is 0 Å². The van der Waals surface area contributed by atoms with Crippen molar-refractivity contribution in [2.24, 2.45) is 5.73 Å². The summed E-state index contributed by atoms with van der Waals surface area (Å²) >= 11 is 0. The third kappa shape index (κ3) is 5.65. The molecule has 5 nitrogen and oxygen atoms in total. The van der Waals surface area contributed by atoms with Crippen molar-refractivity contribution >= 4 is 5.65 Å². The van der Waals surface area contributed by atoms with Gasteiger partial charge in [-0.25, -0.2) is 4.52 Å². The van der Waals surface area contributed by atoms with E-state index in [0.717, 1.165) is 23.6 Å². The van der Waals surface area contributed by atoms with E-state index in [1.807, 2.05) is 17.5 Å². The number of H-pyrrole nitrogens is 1. The molecule has 23 heavy (non-hydrogen) atoms. The first-order valence-electron chi connectivity index (χ1n) is 9.38. The fraction of sp³-hybridized carbons (Fsp3) is 0.778. The number of nitrogens with zero attached hydrogens (tertiary/aromatic N) is 3. The lowest BCUT2D eigenvalue weighted by Gasteiger charge is -2.09. The Labute approximate surface area is 140 Å². The van der Waals surface area contributed by atoms with E-state index in [2.05, 4.69) is 22.2 Å². The fourth-order valence-corrected chi connectivity index (χ4v) is 3.14. The molecule has 2 rings (SSSR count). The zero-order chi connectivity index (χ0) is 16.5. The molecule has 130 valence electrons. The summed E-state index contributed by atoms with van der Waals surface area (Å²) in [5.74, 6) is 0.851. The van der Waals surface area contributed by atoms with Crippen LogP contribution in [0.4, 0.5) is 0 Å². The average Bonchev–Trinajstić information content (AvgIpc) is 3.07. The third-order valence-electron chi connectivity index (χ3n) is 4.55. The van der Waals surface area contributed by atoms with Crippen LogP contribution in [-0.2, 0) is 0 Å². The minimum Gasteiger partial charge on any atom is -0.321 e. The fourth-order valence-electron chi connectivity index (χ4n) is 3.14. The largest absolute Gasteiger partial charge is 0.321 e. The number of rotatable bonds is 12. The lowest BCUT2D eigenvalue weighted by molar-refractivity contribution is 0.515. The lowest BCUT2D eigenvalue weighted by Crippen LogP contribution is -2.14. The second-order valence-corrected chi connectivity index (χ2v) is 6.77. The molecule has 0 bridgehead atoms. The van der Waals surface area contributed by atoms with Crippen LogP contribution in [0.15, 0.2) is 6.07 Å². The van der Waals surface area contributed by atoms with Gasteiger partial charge in [0.05, 0.1) is 6.04 Å². The summed E-state index contributed by atoms with van der Waals surface area (Å²) in [6.07, 6.45) is 14.5. The van der Waals surface area contributed by atoms with E-state index in [4.69, 9.17) is 5.73 Å². The maximum absolute atomic E-state index is 6.28. The highest BCUT2D eigenvalue weighted by Crippen LogP contribution is 2.18. The zero-order valence-electron chi connectivity index (χ0n) is 14.9. The van der Waals surface area contributed by atoms with E-state index >= 15 is 0 Å². The van der Waals surface area contributed by atoms with Gasteiger partial charge in [-0.1, -0.05) is 71.1 Å². The number of hydrogen-bond acceptors (Lipinski definition) is 3. The molecule has 0 saturated heterocycles. The number of aryl methyl sites for hydroxylation is 1. The van der Waals surface area contributed by atoms with Crippen LogP contribution in [0.2, 0.25) is 0 Å². The molecular formula is C18H33N5. The summed E-state index contributed by atoms with van der Waals surface area (Å²) in [6.45, 7) is 4.29. The van der Waals surface area contributed by atoms with Gasteiger partial charge in [-0.05, 0) is 13.3 Å². The number of hydrogen-bond donors (Lipinski definition) is 2. The molecule has 0 radical (unpaired) electrons. The Hall–Kier alpha value is -1.36. The topological polar surface area (TPSA) is 72.0 Å². The molecule has 2 aromatic heterocycles. The van der Waals surface area contributed by atoms with E-state index < -0.39 is 0 Å². The molecule has 0 fully saturated rings. The second kappa shape index (κ2) is 9.71. The molecule has 0 aromatic carbocycles. The van der Waals surface area contributed by atoms with Crippen LogP contribution in [0.1, 0.15) is 95.1 Å². The van der Waals surface area contributed by atoms with Crippen molar-refractivity contribution in [3.63, 3.8) is 0 Å². The van der Waals surface area contributed by atoms with Gasteiger partial charge in [0.2, 0.25) is 0 Å². The van der Waals surface area contributed by atoms with Gasteiger partial charge >= 0.3 is 0 Å². The third-order valence-corrected chi connectivity index (χ3v) is 4.55. The average molecular weight is 319 g/mol. The van der Waals surface area contributed by atoms with Crippen LogP contribution in [-0.4, -0.2) is 19.8 Å². The Morgan fingerprint density at radius 1 is 1.00 bits per heavy atom. The van der Waals surface area contributed by atoms with Crippen molar-refractivity contribution in [2.45, 2.75) is 90.5 Å². The Morgan fingerprint density at radius 3 is 2.26 bits per heavy atom. The number of nitrogens with one attached hydrogen (secondary N) is 1. The van der Waals surface area contributed by atoms with Gasteiger partial charge in [0, 0.05) is 11.8 Å². The summed E-state index contributed by atoms with van der Waals surface area (Å²) < 4.78 is 1.91. The van der Waals surface area contributed by atoms with Crippen molar-refractivity contribution < 1.29 is 0 Å². The summed E-state index contributed by atoms with van der Waals surface area (Å²) in [6, 6.07) is 1.96. The van der Waals surface area contributed by atoms with Crippen molar-refractivity contribution in [3.05, 3.63) is 17.6 Å². The number of aromatic amines is 1. The molecule has 1 atom stereocenters. The first-order valence-corrected chi connectivity index (χ1v) is 9.38. The molecule has 2 heterocycles. The van der Waals surface area contributed by atoms with E-state index in [9.17, 15) is 0 Å². The second-order valence-electron chi connectivity index (χ2n) is 6.77. The van der Waals surface area contributed by atoms with Crippen LogP contribution in [0.25, 0.3) is 5.65 Å². The standard InChI is InChI=1S/C18H33N5/c1-3-4-5-6-7-8-9-10-11-12-13-16(19)18-21-20-17-14-15(2)22-23(17)18/h14,16,22H,3-13,19H2,1-2H3. The molecule has 0 saturated carbocycles. The highest BCUT2D eigenvalue weighted by molar-refractivity contribution is 5.38. The molecular weight excluding hydrogens is 286 g/mol. The van der Waals surface area contributed by atoms with Gasteiger partial charge in [-0.2, -0.15) is 0 Å². The maximum atomic E-state index is 6.28. The van der Waals surface area contributed by atoms with E-state index in [1.165, 1.54) is 64.2 Å². The summed E-state index contributed by atoms with van der Waals surface area (Å²) in [5.41, 5.74) is 8.22. The first kappa shape index (κ1) is 18.0. The number of aromatic nitrogens is 4. The molecule has 0 amide bonds. The molecule has 3 N–H and O–H groups in total. The number of fused-ring (bicyclic) bond motifs is 1.